The molecule has 1 unspecified atom stereocenters. The minimum atomic E-state index is -0.493. The van der Waals surface area contributed by atoms with Gasteiger partial charge in [-0.05, 0) is 98.7 Å². The Morgan fingerprint density at radius 2 is 1.63 bits per heavy atom. The number of hydrogen-bond donors (Lipinski definition) is 2. The van der Waals surface area contributed by atoms with Gasteiger partial charge in [0.15, 0.2) is 0 Å². The van der Waals surface area contributed by atoms with E-state index < -0.39 is 5.92 Å². The molecule has 3 heterocycles. The second-order valence-corrected chi connectivity index (χ2v) is 13.1. The molecule has 9 nitrogen and oxygen atoms in total. The van der Waals surface area contributed by atoms with Crippen molar-refractivity contribution in [1.82, 2.24) is 15.1 Å². The summed E-state index contributed by atoms with van der Waals surface area (Å²) in [5.74, 6) is 0.278. The molecule has 2 aromatic rings. The predicted molar refractivity (Wildman–Crippen MR) is 167 cm³/mol. The molecule has 0 radical (unpaired) electrons. The number of hydrogen-bond acceptors (Lipinski definition) is 7. The van der Waals surface area contributed by atoms with Gasteiger partial charge in [-0.2, -0.15) is 0 Å². The van der Waals surface area contributed by atoms with Crippen molar-refractivity contribution in [2.24, 2.45) is 11.3 Å². The first-order valence-corrected chi connectivity index (χ1v) is 16.0. The number of methoxy groups -OCH3 is 1. The van der Waals surface area contributed by atoms with Crippen LogP contribution in [0.1, 0.15) is 73.2 Å². The van der Waals surface area contributed by atoms with E-state index in [2.05, 4.69) is 27.2 Å². The Kier molecular flexibility index (Phi) is 8.61. The molecule has 3 saturated heterocycles. The molecule has 1 saturated carbocycles. The van der Waals surface area contributed by atoms with Crippen molar-refractivity contribution in [1.29, 1.82) is 0 Å². The molecular weight excluding hydrogens is 542 g/mol. The summed E-state index contributed by atoms with van der Waals surface area (Å²) in [5, 5.41) is 2.42. The van der Waals surface area contributed by atoms with Gasteiger partial charge in [0.05, 0.1) is 13.0 Å². The van der Waals surface area contributed by atoms with Gasteiger partial charge in [0.2, 0.25) is 11.8 Å². The Morgan fingerprint density at radius 1 is 0.930 bits per heavy atom. The number of nitrogens with one attached hydrogen (secondary N) is 1. The van der Waals surface area contributed by atoms with Gasteiger partial charge in [0.25, 0.3) is 5.91 Å². The number of likely N-dealkylation sites (tertiary alicyclic amines) is 1. The van der Waals surface area contributed by atoms with Gasteiger partial charge in [0.1, 0.15) is 5.75 Å². The minimum absolute atomic E-state index is 0.0119. The summed E-state index contributed by atoms with van der Waals surface area (Å²) < 4.78 is 5.51. The zero-order chi connectivity index (χ0) is 30.0. The van der Waals surface area contributed by atoms with E-state index in [0.29, 0.717) is 28.7 Å². The molecule has 4 aliphatic rings. The van der Waals surface area contributed by atoms with Crippen LogP contribution in [-0.4, -0.2) is 80.4 Å². The second-order valence-electron chi connectivity index (χ2n) is 13.1. The summed E-state index contributed by atoms with van der Waals surface area (Å²) in [4.78, 5) is 44.8. The van der Waals surface area contributed by atoms with Gasteiger partial charge >= 0.3 is 0 Å². The normalized spacial score (nSPS) is 23.3. The third-order valence-corrected chi connectivity index (χ3v) is 10.5. The van der Waals surface area contributed by atoms with E-state index in [-0.39, 0.29) is 24.1 Å². The van der Waals surface area contributed by atoms with Crippen molar-refractivity contribution in [3.05, 3.63) is 53.6 Å². The zero-order valence-corrected chi connectivity index (χ0v) is 25.4. The average Bonchev–Trinajstić information content (AvgIpc) is 3.03. The van der Waals surface area contributed by atoms with Crippen LogP contribution in [0.2, 0.25) is 0 Å². The Balaban J connectivity index is 0.982. The molecular formula is C34H45N5O4. The zero-order valence-electron chi connectivity index (χ0n) is 25.4. The Labute approximate surface area is 254 Å². The number of piperidine rings is 2. The van der Waals surface area contributed by atoms with Crippen molar-refractivity contribution in [3.8, 4) is 5.75 Å². The third kappa shape index (κ3) is 6.51. The summed E-state index contributed by atoms with van der Waals surface area (Å²) in [5.41, 5.74) is 9.55. The van der Waals surface area contributed by atoms with Crippen molar-refractivity contribution in [3.63, 3.8) is 0 Å². The lowest BCUT2D eigenvalue weighted by Gasteiger charge is -2.47. The molecule has 1 aliphatic carbocycles. The number of ether oxygens (including phenoxy) is 1. The number of benzene rings is 2. The Morgan fingerprint density at radius 3 is 2.28 bits per heavy atom. The molecule has 230 valence electrons. The molecule has 3 N–H and O–H groups in total. The Bertz CT molecular complexity index is 1320. The van der Waals surface area contributed by atoms with E-state index in [1.54, 1.807) is 25.3 Å². The van der Waals surface area contributed by atoms with Crippen LogP contribution in [0, 0.1) is 11.3 Å². The van der Waals surface area contributed by atoms with Crippen LogP contribution in [0.4, 0.5) is 11.4 Å². The second kappa shape index (κ2) is 12.6. The quantitative estimate of drug-likeness (QED) is 0.388. The van der Waals surface area contributed by atoms with Crippen molar-refractivity contribution in [2.75, 3.05) is 63.6 Å². The first-order valence-electron chi connectivity index (χ1n) is 16.0. The van der Waals surface area contributed by atoms with E-state index in [4.69, 9.17) is 10.5 Å². The summed E-state index contributed by atoms with van der Waals surface area (Å²) in [6.07, 6.45) is 7.89. The highest BCUT2D eigenvalue weighted by atomic mass is 16.5. The van der Waals surface area contributed by atoms with Crippen molar-refractivity contribution in [2.45, 2.75) is 57.3 Å². The maximum Gasteiger partial charge on any atom is 0.253 e. The third-order valence-electron chi connectivity index (χ3n) is 10.5. The lowest BCUT2D eigenvalue weighted by molar-refractivity contribution is -0.134. The van der Waals surface area contributed by atoms with E-state index in [9.17, 15) is 14.4 Å². The van der Waals surface area contributed by atoms with Crippen LogP contribution in [-0.2, 0) is 9.59 Å². The van der Waals surface area contributed by atoms with E-state index >= 15 is 0 Å². The van der Waals surface area contributed by atoms with E-state index in [1.165, 1.54) is 37.9 Å². The molecule has 43 heavy (non-hydrogen) atoms. The standard InChI is InChI=1S/C34H45N5O4/c1-43-30-8-2-25(22-29(30)28-7-9-31(40)36-32(28)41)33(42)39-16-14-34(15-17-39)12-10-24(11-13-34)23-37-18-20-38(21-19-37)27-5-3-26(35)4-6-27/h2-6,8,22,24,28H,7,9-21,23,35H2,1H3,(H,36,40,41). The summed E-state index contributed by atoms with van der Waals surface area (Å²) in [6.45, 7) is 7.09. The number of nitrogen functional groups attached to an aromatic ring is 1. The molecule has 0 aromatic heterocycles. The molecule has 1 atom stereocenters. The lowest BCUT2D eigenvalue weighted by atomic mass is 9.65. The first-order chi connectivity index (χ1) is 20.8. The highest BCUT2D eigenvalue weighted by molar-refractivity contribution is 6.02. The fourth-order valence-electron chi connectivity index (χ4n) is 7.71. The summed E-state index contributed by atoms with van der Waals surface area (Å²) >= 11 is 0. The number of nitrogens with zero attached hydrogens (tertiary/aromatic N) is 3. The monoisotopic (exact) mass is 587 g/mol. The van der Waals surface area contributed by atoms with Gasteiger partial charge in [-0.15, -0.1) is 0 Å². The molecule has 3 aliphatic heterocycles. The maximum absolute atomic E-state index is 13.6. The highest BCUT2D eigenvalue weighted by Gasteiger charge is 2.40. The van der Waals surface area contributed by atoms with E-state index in [0.717, 1.165) is 63.7 Å². The lowest BCUT2D eigenvalue weighted by Crippen LogP contribution is -2.49. The maximum atomic E-state index is 13.6. The number of amides is 3. The SMILES string of the molecule is COc1ccc(C(=O)N2CCC3(CCC(CN4CCN(c5ccc(N)cc5)CC4)CC3)CC2)cc1C1CCC(=O)NC1=O. The van der Waals surface area contributed by atoms with Crippen LogP contribution >= 0.6 is 0 Å². The van der Waals surface area contributed by atoms with Gasteiger partial charge < -0.3 is 20.3 Å². The molecule has 4 fully saturated rings. The molecule has 9 heteroatoms. The minimum Gasteiger partial charge on any atom is -0.496 e. The molecule has 3 amide bonds. The van der Waals surface area contributed by atoms with Crippen LogP contribution in [0.15, 0.2) is 42.5 Å². The van der Waals surface area contributed by atoms with Crippen LogP contribution in [0.25, 0.3) is 0 Å². The highest BCUT2D eigenvalue weighted by Crippen LogP contribution is 2.46. The van der Waals surface area contributed by atoms with Gasteiger partial charge in [-0.25, -0.2) is 0 Å². The first kappa shape index (κ1) is 29.5. The fraction of sp³-hybridized carbons (Fsp3) is 0.559. The number of anilines is 2. The van der Waals surface area contributed by atoms with Crippen molar-refractivity contribution < 1.29 is 19.1 Å². The predicted octanol–water partition coefficient (Wildman–Crippen LogP) is 4.03. The summed E-state index contributed by atoms with van der Waals surface area (Å²) in [6, 6.07) is 13.6. The molecule has 1 spiro atoms. The number of carbonyl (C=O) groups is 3. The summed E-state index contributed by atoms with van der Waals surface area (Å²) in [7, 11) is 1.56. The van der Waals surface area contributed by atoms with Crippen LogP contribution in [0.3, 0.4) is 0 Å². The fourth-order valence-corrected chi connectivity index (χ4v) is 7.71. The van der Waals surface area contributed by atoms with E-state index in [1.807, 2.05) is 17.0 Å². The number of carbonyl (C=O) groups excluding carboxylic acids is 3. The number of piperazine rings is 1. The topological polar surface area (TPSA) is 108 Å². The van der Waals surface area contributed by atoms with Crippen molar-refractivity contribution >= 4 is 29.1 Å². The Hall–Kier alpha value is -3.59. The largest absolute Gasteiger partial charge is 0.496 e. The average molecular weight is 588 g/mol. The smallest absolute Gasteiger partial charge is 0.253 e. The van der Waals surface area contributed by atoms with Gasteiger partial charge in [-0.3, -0.25) is 24.6 Å². The van der Waals surface area contributed by atoms with Crippen LogP contribution in [0.5, 0.6) is 5.75 Å². The van der Waals surface area contributed by atoms with Crippen LogP contribution < -0.4 is 20.7 Å². The number of imide groups is 1. The molecule has 2 aromatic carbocycles. The van der Waals surface area contributed by atoms with Gasteiger partial charge in [-0.1, -0.05) is 0 Å². The molecule has 6 rings (SSSR count). The number of nitrogens with two attached hydrogens (primary N) is 1. The number of rotatable bonds is 6. The molecule has 0 bridgehead atoms. The van der Waals surface area contributed by atoms with Gasteiger partial charge in [0, 0.05) is 74.7 Å².